The minimum Gasteiger partial charge on any atom is -0.459 e. The van der Waals surface area contributed by atoms with E-state index in [1.165, 1.54) is 0 Å². The Morgan fingerprint density at radius 1 is 0.833 bits per heavy atom. The highest BCUT2D eigenvalue weighted by Crippen LogP contribution is 2.32. The summed E-state index contributed by atoms with van der Waals surface area (Å²) in [6, 6.07) is 31.5. The molecule has 0 aromatic heterocycles. The zero-order valence-corrected chi connectivity index (χ0v) is 23.0. The number of carbonyl (C=O) groups excluding carboxylic acids is 2. The number of nitrogens with one attached hydrogen (secondary N) is 2. The van der Waals surface area contributed by atoms with Crippen molar-refractivity contribution in [2.75, 3.05) is 11.1 Å². The third-order valence-electron chi connectivity index (χ3n) is 7.03. The van der Waals surface area contributed by atoms with Crippen LogP contribution in [0.2, 0.25) is 0 Å². The van der Waals surface area contributed by atoms with Gasteiger partial charge in [0.15, 0.2) is 5.76 Å². The molecule has 4 aromatic rings. The molecule has 4 aromatic carbocycles. The number of carbonyl (C=O) groups is 2. The summed E-state index contributed by atoms with van der Waals surface area (Å²) in [5.41, 5.74) is 11.1. The van der Waals surface area contributed by atoms with Gasteiger partial charge in [-0.2, -0.15) is 0 Å². The maximum Gasteiger partial charge on any atom is 0.286 e. The number of ether oxygens (including phenoxy) is 2. The minimum atomic E-state index is -0.616. The van der Waals surface area contributed by atoms with E-state index in [0.29, 0.717) is 30.0 Å². The van der Waals surface area contributed by atoms with Crippen LogP contribution in [0.25, 0.3) is 0 Å². The molecule has 214 valence electrons. The quantitative estimate of drug-likeness (QED) is 0.195. The lowest BCUT2D eigenvalue weighted by molar-refractivity contribution is -0.150. The molecule has 1 aliphatic rings. The van der Waals surface area contributed by atoms with Crippen LogP contribution < -0.4 is 16.4 Å². The second-order valence-corrected chi connectivity index (χ2v) is 10.0. The van der Waals surface area contributed by atoms with Gasteiger partial charge in [0.05, 0.1) is 24.6 Å². The van der Waals surface area contributed by atoms with E-state index in [1.54, 1.807) is 48.5 Å². The van der Waals surface area contributed by atoms with Crippen LogP contribution in [0.5, 0.6) is 0 Å². The molecule has 0 radical (unpaired) electrons. The van der Waals surface area contributed by atoms with Crippen LogP contribution in [0.15, 0.2) is 115 Å². The van der Waals surface area contributed by atoms with Crippen LogP contribution in [0.1, 0.15) is 45.0 Å². The van der Waals surface area contributed by atoms with Crippen LogP contribution in [0.4, 0.5) is 11.4 Å². The van der Waals surface area contributed by atoms with Crippen molar-refractivity contribution < 1.29 is 24.2 Å². The van der Waals surface area contributed by atoms with Gasteiger partial charge in [-0.05, 0) is 52.6 Å². The molecule has 8 nitrogen and oxygen atoms in total. The van der Waals surface area contributed by atoms with Gasteiger partial charge in [-0.25, -0.2) is 0 Å². The van der Waals surface area contributed by atoms with Gasteiger partial charge in [-0.3, -0.25) is 9.59 Å². The van der Waals surface area contributed by atoms with Crippen molar-refractivity contribution in [1.82, 2.24) is 5.32 Å². The van der Waals surface area contributed by atoms with E-state index < -0.39 is 6.29 Å². The number of para-hydroxylation sites is 2. The number of nitrogens with two attached hydrogens (primary N) is 1. The Bertz CT molecular complexity index is 1540. The van der Waals surface area contributed by atoms with Crippen LogP contribution in [-0.2, 0) is 34.0 Å². The average molecular weight is 564 g/mol. The number of allylic oxidation sites excluding steroid dienone is 1. The molecular formula is C34H33N3O5. The van der Waals surface area contributed by atoms with E-state index in [0.717, 1.165) is 22.3 Å². The maximum absolute atomic E-state index is 13.2. The molecule has 1 aliphatic heterocycles. The summed E-state index contributed by atoms with van der Waals surface area (Å²) in [5.74, 6) is -0.476. The van der Waals surface area contributed by atoms with Crippen LogP contribution in [0, 0.1) is 0 Å². The summed E-state index contributed by atoms with van der Waals surface area (Å²) in [4.78, 5) is 25.8. The summed E-state index contributed by atoms with van der Waals surface area (Å²) >= 11 is 0. The Hall–Kier alpha value is -4.92. The van der Waals surface area contributed by atoms with Gasteiger partial charge in [-0.1, -0.05) is 78.9 Å². The third kappa shape index (κ3) is 7.42. The first kappa shape index (κ1) is 28.6. The smallest absolute Gasteiger partial charge is 0.286 e. The molecule has 8 heteroatoms. The molecule has 0 spiro atoms. The first-order chi connectivity index (χ1) is 20.5. The zero-order chi connectivity index (χ0) is 29.3. The molecule has 0 saturated heterocycles. The number of rotatable bonds is 10. The van der Waals surface area contributed by atoms with Crippen molar-refractivity contribution in [2.24, 2.45) is 0 Å². The summed E-state index contributed by atoms with van der Waals surface area (Å²) < 4.78 is 12.1. The van der Waals surface area contributed by atoms with Gasteiger partial charge in [0.25, 0.3) is 11.8 Å². The van der Waals surface area contributed by atoms with Gasteiger partial charge < -0.3 is 30.9 Å². The predicted octanol–water partition coefficient (Wildman–Crippen LogP) is 5.26. The highest BCUT2D eigenvalue weighted by atomic mass is 16.7. The topological polar surface area (TPSA) is 123 Å². The Labute approximate surface area is 244 Å². The van der Waals surface area contributed by atoms with E-state index in [-0.39, 0.29) is 36.6 Å². The Kier molecular flexibility index (Phi) is 9.28. The normalized spacial score (nSPS) is 16.2. The minimum absolute atomic E-state index is 0.0157. The van der Waals surface area contributed by atoms with Gasteiger partial charge in [0.2, 0.25) is 6.29 Å². The molecule has 2 amide bonds. The fraction of sp³-hybridized carbons (Fsp3) is 0.176. The van der Waals surface area contributed by atoms with E-state index in [2.05, 4.69) is 10.6 Å². The fourth-order valence-electron chi connectivity index (χ4n) is 4.63. The summed E-state index contributed by atoms with van der Waals surface area (Å²) in [6.45, 7) is 0.549. The number of nitrogen functional groups attached to an aromatic ring is 1. The van der Waals surface area contributed by atoms with Gasteiger partial charge in [0, 0.05) is 24.4 Å². The number of benzene rings is 4. The van der Waals surface area contributed by atoms with Crippen molar-refractivity contribution in [3.05, 3.63) is 143 Å². The first-order valence-electron chi connectivity index (χ1n) is 13.7. The Morgan fingerprint density at radius 3 is 2.21 bits per heavy atom. The van der Waals surface area contributed by atoms with Crippen LogP contribution in [-0.4, -0.2) is 23.2 Å². The van der Waals surface area contributed by atoms with Crippen molar-refractivity contribution in [3.63, 3.8) is 0 Å². The van der Waals surface area contributed by atoms with Crippen LogP contribution in [0.3, 0.4) is 0 Å². The lowest BCUT2D eigenvalue weighted by atomic mass is 9.93. The third-order valence-corrected chi connectivity index (χ3v) is 7.03. The molecular weight excluding hydrogens is 530 g/mol. The lowest BCUT2D eigenvalue weighted by Gasteiger charge is -2.29. The zero-order valence-electron chi connectivity index (χ0n) is 23.0. The maximum atomic E-state index is 13.2. The number of amides is 2. The second-order valence-electron chi connectivity index (χ2n) is 10.0. The molecule has 1 heterocycles. The van der Waals surface area contributed by atoms with E-state index in [4.69, 9.17) is 15.2 Å². The highest BCUT2D eigenvalue weighted by Gasteiger charge is 2.28. The van der Waals surface area contributed by atoms with E-state index in [9.17, 15) is 14.7 Å². The summed E-state index contributed by atoms with van der Waals surface area (Å²) in [5, 5.41) is 15.0. The standard InChI is InChI=1S/C34H33N3O5/c35-29-8-4-5-9-30(29)37-33(39)27-16-14-23(15-17-27)20-36-34(40)31-18-28(26-6-2-1-3-7-26)19-32(42-31)41-22-25-12-10-24(21-38)11-13-25/h1-18,28,32,38H,19-22,35H2,(H,36,40)(H,37,39)/t28-,32+/m1/s1. The summed E-state index contributed by atoms with van der Waals surface area (Å²) in [6.07, 6.45) is 1.78. The molecule has 2 atom stereocenters. The number of aliphatic hydroxyl groups is 1. The molecule has 42 heavy (non-hydrogen) atoms. The summed E-state index contributed by atoms with van der Waals surface area (Å²) in [7, 11) is 0. The van der Waals surface area contributed by atoms with Crippen molar-refractivity contribution in [1.29, 1.82) is 0 Å². The highest BCUT2D eigenvalue weighted by molar-refractivity contribution is 6.05. The monoisotopic (exact) mass is 563 g/mol. The second kappa shape index (κ2) is 13.6. The predicted molar refractivity (Wildman–Crippen MR) is 161 cm³/mol. The molecule has 5 rings (SSSR count). The van der Waals surface area contributed by atoms with Gasteiger partial charge >= 0.3 is 0 Å². The number of aliphatic hydroxyl groups excluding tert-OH is 1. The Balaban J connectivity index is 1.21. The van der Waals surface area contributed by atoms with Crippen molar-refractivity contribution in [3.8, 4) is 0 Å². The fourth-order valence-corrected chi connectivity index (χ4v) is 4.63. The first-order valence-corrected chi connectivity index (χ1v) is 13.7. The number of hydrogen-bond donors (Lipinski definition) is 4. The largest absolute Gasteiger partial charge is 0.459 e. The molecule has 5 N–H and O–H groups in total. The van der Waals surface area contributed by atoms with Gasteiger partial charge in [-0.15, -0.1) is 0 Å². The molecule has 0 saturated carbocycles. The SMILES string of the molecule is Nc1ccccc1NC(=O)c1ccc(CNC(=O)C2=C[C@@H](c3ccccc3)C[C@@H](OCc3ccc(CO)cc3)O2)cc1. The number of hydrogen-bond acceptors (Lipinski definition) is 6. The average Bonchev–Trinajstić information content (AvgIpc) is 3.04. The number of anilines is 2. The lowest BCUT2D eigenvalue weighted by Crippen LogP contribution is -2.32. The Morgan fingerprint density at radius 2 is 1.50 bits per heavy atom. The molecule has 0 bridgehead atoms. The molecule has 0 unspecified atom stereocenters. The van der Waals surface area contributed by atoms with E-state index in [1.807, 2.05) is 60.7 Å². The molecule has 0 fully saturated rings. The van der Waals surface area contributed by atoms with Crippen LogP contribution >= 0.6 is 0 Å². The van der Waals surface area contributed by atoms with Crippen molar-refractivity contribution >= 4 is 23.2 Å². The van der Waals surface area contributed by atoms with Gasteiger partial charge in [0.1, 0.15) is 0 Å². The van der Waals surface area contributed by atoms with E-state index >= 15 is 0 Å². The molecule has 0 aliphatic carbocycles. The van der Waals surface area contributed by atoms with Crippen molar-refractivity contribution in [2.45, 2.75) is 38.4 Å².